The molecule has 0 bridgehead atoms. The van der Waals surface area contributed by atoms with Crippen LogP contribution < -0.4 is 0 Å². The summed E-state index contributed by atoms with van der Waals surface area (Å²) in [6, 6.07) is 0. The highest BCUT2D eigenvalue weighted by Crippen LogP contribution is 2.21. The molecule has 12 heavy (non-hydrogen) atoms. The Labute approximate surface area is 71.3 Å². The van der Waals surface area contributed by atoms with Gasteiger partial charge >= 0.3 is 10.4 Å². The lowest BCUT2D eigenvalue weighted by Crippen LogP contribution is -2.33. The molecule has 0 heterocycles. The second-order valence-corrected chi connectivity index (χ2v) is 3.96. The predicted octanol–water partition coefficient (Wildman–Crippen LogP) is 0.109. The first-order valence-electron chi connectivity index (χ1n) is 3.83. The fourth-order valence-corrected chi connectivity index (χ4v) is 1.88. The second kappa shape index (κ2) is 3.69. The van der Waals surface area contributed by atoms with E-state index < -0.39 is 22.6 Å². The van der Waals surface area contributed by atoms with Crippen LogP contribution in [0.25, 0.3) is 0 Å². The molecule has 0 saturated heterocycles. The molecule has 1 saturated carbocycles. The summed E-state index contributed by atoms with van der Waals surface area (Å²) in [7, 11) is -4.42. The first-order valence-corrected chi connectivity index (χ1v) is 5.19. The smallest absolute Gasteiger partial charge is 0.390 e. The lowest BCUT2D eigenvalue weighted by Gasteiger charge is -2.25. The zero-order chi connectivity index (χ0) is 9.19. The molecule has 0 aromatic carbocycles. The van der Waals surface area contributed by atoms with E-state index in [4.69, 9.17) is 4.55 Å². The molecule has 0 radical (unpaired) electrons. The van der Waals surface area contributed by atoms with Gasteiger partial charge in [0.15, 0.2) is 0 Å². The SMILES string of the molecule is O=S(=O)(O)OC1CCCCC1O. The normalized spacial score (nSPS) is 31.8. The number of aliphatic hydroxyl groups excluding tert-OH is 1. The average molecular weight is 196 g/mol. The van der Waals surface area contributed by atoms with Gasteiger partial charge in [-0.05, 0) is 12.8 Å². The molecule has 2 unspecified atom stereocenters. The molecule has 6 heteroatoms. The van der Waals surface area contributed by atoms with Gasteiger partial charge in [0.2, 0.25) is 0 Å². The molecular weight excluding hydrogens is 184 g/mol. The summed E-state index contributed by atoms with van der Waals surface area (Å²) in [6.07, 6.45) is 1.14. The van der Waals surface area contributed by atoms with Crippen LogP contribution in [-0.4, -0.2) is 30.3 Å². The topological polar surface area (TPSA) is 83.8 Å². The minimum atomic E-state index is -4.42. The van der Waals surface area contributed by atoms with E-state index in [1.54, 1.807) is 0 Å². The van der Waals surface area contributed by atoms with Crippen LogP contribution in [0.2, 0.25) is 0 Å². The zero-order valence-corrected chi connectivity index (χ0v) is 7.33. The van der Waals surface area contributed by atoms with Gasteiger partial charge in [-0.3, -0.25) is 4.55 Å². The van der Waals surface area contributed by atoms with Gasteiger partial charge in [0.1, 0.15) is 6.10 Å². The molecule has 0 amide bonds. The van der Waals surface area contributed by atoms with Gasteiger partial charge in [0.05, 0.1) is 6.10 Å². The van der Waals surface area contributed by atoms with Crippen molar-refractivity contribution in [2.45, 2.75) is 37.9 Å². The Morgan fingerprint density at radius 3 is 2.33 bits per heavy atom. The molecule has 1 aliphatic rings. The Morgan fingerprint density at radius 2 is 1.83 bits per heavy atom. The summed E-state index contributed by atoms with van der Waals surface area (Å²) in [5.41, 5.74) is 0. The van der Waals surface area contributed by atoms with Gasteiger partial charge in [-0.1, -0.05) is 12.8 Å². The first-order chi connectivity index (χ1) is 5.49. The maximum Gasteiger partial charge on any atom is 0.397 e. The summed E-state index contributed by atoms with van der Waals surface area (Å²) in [4.78, 5) is 0. The van der Waals surface area contributed by atoms with Crippen LogP contribution in [0.1, 0.15) is 25.7 Å². The Kier molecular flexibility index (Phi) is 3.05. The van der Waals surface area contributed by atoms with Crippen LogP contribution in [0.5, 0.6) is 0 Å². The highest BCUT2D eigenvalue weighted by molar-refractivity contribution is 7.80. The maximum absolute atomic E-state index is 10.3. The Balaban J connectivity index is 2.50. The van der Waals surface area contributed by atoms with E-state index in [0.717, 1.165) is 12.8 Å². The zero-order valence-electron chi connectivity index (χ0n) is 6.51. The summed E-state index contributed by atoms with van der Waals surface area (Å²) in [5.74, 6) is 0. The van der Waals surface area contributed by atoms with Crippen LogP contribution in [0.4, 0.5) is 0 Å². The van der Waals surface area contributed by atoms with E-state index in [-0.39, 0.29) is 0 Å². The first kappa shape index (κ1) is 9.91. The van der Waals surface area contributed by atoms with Gasteiger partial charge in [-0.2, -0.15) is 8.42 Å². The number of hydrogen-bond acceptors (Lipinski definition) is 4. The van der Waals surface area contributed by atoms with Gasteiger partial charge in [-0.15, -0.1) is 0 Å². The lowest BCUT2D eigenvalue weighted by molar-refractivity contribution is 0.00449. The van der Waals surface area contributed by atoms with Crippen molar-refractivity contribution in [3.8, 4) is 0 Å². The van der Waals surface area contributed by atoms with Crippen LogP contribution in [0.15, 0.2) is 0 Å². The van der Waals surface area contributed by atoms with Crippen molar-refractivity contribution < 1.29 is 22.3 Å². The maximum atomic E-state index is 10.3. The average Bonchev–Trinajstić information content (AvgIpc) is 1.91. The van der Waals surface area contributed by atoms with Crippen molar-refractivity contribution in [1.29, 1.82) is 0 Å². The summed E-state index contributed by atoms with van der Waals surface area (Å²) in [6.45, 7) is 0. The minimum absolute atomic E-state index is 0.473. The highest BCUT2D eigenvalue weighted by Gasteiger charge is 2.27. The molecule has 1 aliphatic carbocycles. The van der Waals surface area contributed by atoms with E-state index in [9.17, 15) is 13.5 Å². The Hall–Kier alpha value is -0.170. The van der Waals surface area contributed by atoms with Gasteiger partial charge in [0.25, 0.3) is 0 Å². The van der Waals surface area contributed by atoms with E-state index in [0.29, 0.717) is 12.8 Å². The Morgan fingerprint density at radius 1 is 1.25 bits per heavy atom. The van der Waals surface area contributed by atoms with E-state index in [1.807, 2.05) is 0 Å². The van der Waals surface area contributed by atoms with Gasteiger partial charge in [0, 0.05) is 0 Å². The minimum Gasteiger partial charge on any atom is -0.390 e. The van der Waals surface area contributed by atoms with E-state index in [2.05, 4.69) is 4.18 Å². The third kappa shape index (κ3) is 3.06. The van der Waals surface area contributed by atoms with Gasteiger partial charge < -0.3 is 5.11 Å². The van der Waals surface area contributed by atoms with Crippen molar-refractivity contribution in [3.63, 3.8) is 0 Å². The second-order valence-electron chi connectivity index (χ2n) is 2.91. The summed E-state index contributed by atoms with van der Waals surface area (Å²) >= 11 is 0. The van der Waals surface area contributed by atoms with Crippen LogP contribution in [-0.2, 0) is 14.6 Å². The molecule has 0 aliphatic heterocycles. The fraction of sp³-hybridized carbons (Fsp3) is 1.00. The molecule has 2 N–H and O–H groups in total. The predicted molar refractivity (Wildman–Crippen MR) is 40.9 cm³/mol. The number of aliphatic hydroxyl groups is 1. The lowest BCUT2D eigenvalue weighted by atomic mass is 9.95. The molecule has 2 atom stereocenters. The molecule has 1 rings (SSSR count). The monoisotopic (exact) mass is 196 g/mol. The molecule has 72 valence electrons. The molecular formula is C6H12O5S. The molecule has 0 spiro atoms. The van der Waals surface area contributed by atoms with Gasteiger partial charge in [-0.25, -0.2) is 4.18 Å². The number of rotatable bonds is 2. The van der Waals surface area contributed by atoms with Crippen molar-refractivity contribution >= 4 is 10.4 Å². The van der Waals surface area contributed by atoms with Crippen molar-refractivity contribution in [1.82, 2.24) is 0 Å². The molecule has 5 nitrogen and oxygen atoms in total. The van der Waals surface area contributed by atoms with Crippen molar-refractivity contribution in [2.24, 2.45) is 0 Å². The third-order valence-corrected chi connectivity index (χ3v) is 2.40. The van der Waals surface area contributed by atoms with Crippen molar-refractivity contribution in [2.75, 3.05) is 0 Å². The summed E-state index contributed by atoms with van der Waals surface area (Å²) in [5, 5.41) is 9.23. The quantitative estimate of drug-likeness (QED) is 0.612. The molecule has 1 fully saturated rings. The highest BCUT2D eigenvalue weighted by atomic mass is 32.3. The van der Waals surface area contributed by atoms with Crippen LogP contribution in [0, 0.1) is 0 Å². The van der Waals surface area contributed by atoms with Crippen molar-refractivity contribution in [3.05, 3.63) is 0 Å². The standard InChI is InChI=1S/C6H12O5S/c7-5-3-1-2-4-6(5)11-12(8,9)10/h5-7H,1-4H2,(H,8,9,10). The fourth-order valence-electron chi connectivity index (χ4n) is 1.35. The van der Waals surface area contributed by atoms with Crippen LogP contribution in [0.3, 0.4) is 0 Å². The molecule has 0 aromatic heterocycles. The molecule has 0 aromatic rings. The van der Waals surface area contributed by atoms with E-state index >= 15 is 0 Å². The number of hydrogen-bond donors (Lipinski definition) is 2. The largest absolute Gasteiger partial charge is 0.397 e. The Bertz CT molecular complexity index is 234. The summed E-state index contributed by atoms with van der Waals surface area (Å²) < 4.78 is 33.1. The van der Waals surface area contributed by atoms with E-state index in [1.165, 1.54) is 0 Å². The third-order valence-electron chi connectivity index (χ3n) is 1.91. The van der Waals surface area contributed by atoms with Crippen LogP contribution >= 0.6 is 0 Å².